The van der Waals surface area contributed by atoms with Crippen LogP contribution in [-0.2, 0) is 13.9 Å². The Morgan fingerprint density at radius 2 is 1.93 bits per heavy atom. The van der Waals surface area contributed by atoms with Gasteiger partial charge in [-0.2, -0.15) is 0 Å². The van der Waals surface area contributed by atoms with Crippen LogP contribution in [0, 0.1) is 0 Å². The minimum Gasteiger partial charge on any atom is -0.388 e. The summed E-state index contributed by atoms with van der Waals surface area (Å²) in [6.45, 7) is 0.694. The van der Waals surface area contributed by atoms with Crippen molar-refractivity contribution < 1.29 is 33.9 Å². The van der Waals surface area contributed by atoms with Crippen LogP contribution >= 0.6 is 7.82 Å². The second-order valence-electron chi connectivity index (χ2n) is 2.62. The third kappa shape index (κ3) is 5.43. The Hall–Kier alpha value is -0.300. The van der Waals surface area contributed by atoms with Gasteiger partial charge in [0, 0.05) is 6.42 Å². The van der Waals surface area contributed by atoms with Crippen LogP contribution in [0.15, 0.2) is 0 Å². The molecule has 0 amide bonds. The van der Waals surface area contributed by atoms with Crippen LogP contribution in [-0.4, -0.2) is 44.6 Å². The van der Waals surface area contributed by atoms with Gasteiger partial charge in [-0.25, -0.2) is 4.57 Å². The van der Waals surface area contributed by atoms with Crippen molar-refractivity contribution >= 4 is 13.6 Å². The van der Waals surface area contributed by atoms with Crippen molar-refractivity contribution in [1.82, 2.24) is 0 Å². The number of phosphoric ester groups is 1. The summed E-state index contributed by atoms with van der Waals surface area (Å²) in [5, 5.41) is 18.1. The summed E-state index contributed by atoms with van der Waals surface area (Å²) >= 11 is 0. The molecule has 0 bridgehead atoms. The van der Waals surface area contributed by atoms with Crippen molar-refractivity contribution in [3.63, 3.8) is 0 Å². The number of phosphoric acid groups is 1. The normalized spacial score (nSPS) is 16.4. The van der Waals surface area contributed by atoms with Crippen LogP contribution in [0.1, 0.15) is 13.3 Å². The van der Waals surface area contributed by atoms with Gasteiger partial charge in [-0.15, -0.1) is 0 Å². The number of ketones is 1. The predicted octanol–water partition coefficient (Wildman–Crippen LogP) is -1.20. The standard InChI is InChI=1S/C6H13O7P/c1-2-4(7)6(9)5(8)3-13-14(10,11)12/h5-6,8-9H,2-3H2,1H3,(H2,10,11,12)/t5-,6-/m1/s1. The van der Waals surface area contributed by atoms with Crippen LogP contribution < -0.4 is 0 Å². The maximum absolute atomic E-state index is 10.8. The zero-order chi connectivity index (χ0) is 11.4. The maximum Gasteiger partial charge on any atom is 0.469 e. The minimum atomic E-state index is -4.68. The number of aliphatic hydroxyl groups excluding tert-OH is 2. The molecule has 2 atom stereocenters. The Labute approximate surface area is 80.6 Å². The highest BCUT2D eigenvalue weighted by atomic mass is 31.2. The molecule has 0 aromatic heterocycles. The van der Waals surface area contributed by atoms with Gasteiger partial charge in [0.05, 0.1) is 6.61 Å². The number of hydrogen-bond acceptors (Lipinski definition) is 5. The zero-order valence-electron chi connectivity index (χ0n) is 7.53. The number of rotatable bonds is 6. The van der Waals surface area contributed by atoms with E-state index in [4.69, 9.17) is 20.0 Å². The van der Waals surface area contributed by atoms with Crippen LogP contribution in [0.3, 0.4) is 0 Å². The third-order valence-electron chi connectivity index (χ3n) is 1.46. The fourth-order valence-corrected chi connectivity index (χ4v) is 1.04. The molecule has 0 heterocycles. The van der Waals surface area contributed by atoms with E-state index in [1.165, 1.54) is 6.92 Å². The van der Waals surface area contributed by atoms with E-state index in [-0.39, 0.29) is 6.42 Å². The lowest BCUT2D eigenvalue weighted by Crippen LogP contribution is -2.36. The Balaban J connectivity index is 4.02. The van der Waals surface area contributed by atoms with Crippen molar-refractivity contribution in [2.75, 3.05) is 6.61 Å². The van der Waals surface area contributed by atoms with E-state index < -0.39 is 32.4 Å². The van der Waals surface area contributed by atoms with Gasteiger partial charge in [0.1, 0.15) is 12.2 Å². The number of carbonyl (C=O) groups excluding carboxylic acids is 1. The van der Waals surface area contributed by atoms with E-state index in [0.717, 1.165) is 0 Å². The number of aliphatic hydroxyl groups is 2. The quantitative estimate of drug-likeness (QED) is 0.420. The highest BCUT2D eigenvalue weighted by molar-refractivity contribution is 7.46. The van der Waals surface area contributed by atoms with Crippen molar-refractivity contribution in [1.29, 1.82) is 0 Å². The first-order chi connectivity index (χ1) is 6.28. The highest BCUT2D eigenvalue weighted by Crippen LogP contribution is 2.35. The predicted molar refractivity (Wildman–Crippen MR) is 45.3 cm³/mol. The average Bonchev–Trinajstić information content (AvgIpc) is 2.10. The third-order valence-corrected chi connectivity index (χ3v) is 1.94. The van der Waals surface area contributed by atoms with Gasteiger partial charge in [-0.1, -0.05) is 6.92 Å². The van der Waals surface area contributed by atoms with Crippen molar-refractivity contribution in [3.05, 3.63) is 0 Å². The molecule has 7 nitrogen and oxygen atoms in total. The average molecular weight is 228 g/mol. The van der Waals surface area contributed by atoms with Gasteiger partial charge in [-0.05, 0) is 0 Å². The summed E-state index contributed by atoms with van der Waals surface area (Å²) in [6.07, 6.45) is -3.28. The van der Waals surface area contributed by atoms with Gasteiger partial charge in [-0.3, -0.25) is 9.32 Å². The lowest BCUT2D eigenvalue weighted by molar-refractivity contribution is -0.134. The summed E-state index contributed by atoms with van der Waals surface area (Å²) in [5.41, 5.74) is 0. The molecule has 0 saturated heterocycles. The summed E-state index contributed by atoms with van der Waals surface area (Å²) in [6, 6.07) is 0. The second kappa shape index (κ2) is 5.55. The fraction of sp³-hybridized carbons (Fsp3) is 0.833. The van der Waals surface area contributed by atoms with Gasteiger partial charge in [0.15, 0.2) is 5.78 Å². The molecular weight excluding hydrogens is 215 g/mol. The lowest BCUT2D eigenvalue weighted by atomic mass is 10.1. The molecule has 0 radical (unpaired) electrons. The van der Waals surface area contributed by atoms with Crippen LogP contribution in [0.4, 0.5) is 0 Å². The van der Waals surface area contributed by atoms with Gasteiger partial charge in [0.2, 0.25) is 0 Å². The summed E-state index contributed by atoms with van der Waals surface area (Å²) < 4.78 is 14.1. The van der Waals surface area contributed by atoms with Crippen molar-refractivity contribution in [2.24, 2.45) is 0 Å². The Kier molecular flexibility index (Phi) is 5.43. The molecule has 4 N–H and O–H groups in total. The largest absolute Gasteiger partial charge is 0.469 e. The molecule has 0 rings (SSSR count). The molecule has 0 aliphatic heterocycles. The minimum absolute atomic E-state index is 0.0220. The number of hydrogen-bond donors (Lipinski definition) is 4. The van der Waals surface area contributed by atoms with Gasteiger partial charge in [0.25, 0.3) is 0 Å². The molecule has 84 valence electrons. The van der Waals surface area contributed by atoms with Gasteiger partial charge >= 0.3 is 7.82 Å². The van der Waals surface area contributed by atoms with E-state index in [2.05, 4.69) is 4.52 Å². The summed E-state index contributed by atoms with van der Waals surface area (Å²) in [5.74, 6) is -0.619. The fourth-order valence-electron chi connectivity index (χ4n) is 0.688. The first kappa shape index (κ1) is 13.7. The SMILES string of the molecule is CCC(=O)[C@@H](O)[C@H](O)COP(=O)(O)O. The second-order valence-corrected chi connectivity index (χ2v) is 3.86. The van der Waals surface area contributed by atoms with E-state index in [0.29, 0.717) is 0 Å². The van der Waals surface area contributed by atoms with E-state index in [1.54, 1.807) is 0 Å². The molecule has 8 heteroatoms. The van der Waals surface area contributed by atoms with E-state index >= 15 is 0 Å². The molecule has 0 spiro atoms. The highest BCUT2D eigenvalue weighted by Gasteiger charge is 2.25. The Morgan fingerprint density at radius 3 is 2.29 bits per heavy atom. The smallest absolute Gasteiger partial charge is 0.388 e. The van der Waals surface area contributed by atoms with Crippen LogP contribution in [0.25, 0.3) is 0 Å². The summed E-state index contributed by atoms with van der Waals surface area (Å²) in [4.78, 5) is 27.3. The topological polar surface area (TPSA) is 124 Å². The van der Waals surface area contributed by atoms with Gasteiger partial charge < -0.3 is 20.0 Å². The monoisotopic (exact) mass is 228 g/mol. The molecule has 0 saturated carbocycles. The molecule has 14 heavy (non-hydrogen) atoms. The Bertz CT molecular complexity index is 234. The first-order valence-electron chi connectivity index (χ1n) is 3.87. The first-order valence-corrected chi connectivity index (χ1v) is 5.40. The van der Waals surface area contributed by atoms with E-state index in [9.17, 15) is 9.36 Å². The Morgan fingerprint density at radius 1 is 1.43 bits per heavy atom. The molecule has 0 unspecified atom stereocenters. The summed E-state index contributed by atoms with van der Waals surface area (Å²) in [7, 11) is -4.68. The lowest BCUT2D eigenvalue weighted by Gasteiger charge is -2.16. The number of carbonyl (C=O) groups is 1. The molecule has 0 aromatic rings. The van der Waals surface area contributed by atoms with Crippen molar-refractivity contribution in [2.45, 2.75) is 25.6 Å². The molecule has 0 aliphatic carbocycles. The van der Waals surface area contributed by atoms with E-state index in [1.807, 2.05) is 0 Å². The van der Waals surface area contributed by atoms with Crippen LogP contribution in [0.2, 0.25) is 0 Å². The zero-order valence-corrected chi connectivity index (χ0v) is 8.42. The van der Waals surface area contributed by atoms with Crippen LogP contribution in [0.5, 0.6) is 0 Å². The molecule has 0 fully saturated rings. The molecule has 0 aliphatic rings. The molecular formula is C6H13O7P. The van der Waals surface area contributed by atoms with Crippen molar-refractivity contribution in [3.8, 4) is 0 Å². The maximum atomic E-state index is 10.8. The molecule has 0 aromatic carbocycles. The number of Topliss-reactive ketones (excluding diaryl/α,β-unsaturated/α-hetero) is 1.